The molecule has 0 radical (unpaired) electrons. The summed E-state index contributed by atoms with van der Waals surface area (Å²) in [5.41, 5.74) is 2.54. The number of benzene rings is 2. The van der Waals surface area contributed by atoms with Gasteiger partial charge in [0.1, 0.15) is 11.6 Å². The molecule has 1 heterocycles. The second-order valence-electron chi connectivity index (χ2n) is 5.75. The summed E-state index contributed by atoms with van der Waals surface area (Å²) in [7, 11) is 1.60. The van der Waals surface area contributed by atoms with Crippen molar-refractivity contribution in [2.75, 3.05) is 12.4 Å². The number of aromatic nitrogens is 1. The van der Waals surface area contributed by atoms with Gasteiger partial charge in [0.15, 0.2) is 0 Å². The SMILES string of the molecule is COc1ccc(CNC(=O)c2cncc(Nc3ccc(F)c(Cl)c3)c2)cc1. The molecule has 5 nitrogen and oxygen atoms in total. The Labute approximate surface area is 161 Å². The number of nitrogens with zero attached hydrogens (tertiary/aromatic N) is 1. The minimum Gasteiger partial charge on any atom is -0.497 e. The van der Waals surface area contributed by atoms with Crippen LogP contribution in [0.3, 0.4) is 0 Å². The summed E-state index contributed by atoms with van der Waals surface area (Å²) in [6.07, 6.45) is 3.05. The minimum absolute atomic E-state index is 0.0151. The Balaban J connectivity index is 1.64. The van der Waals surface area contributed by atoms with Crippen LogP contribution in [0.2, 0.25) is 5.02 Å². The molecule has 0 saturated heterocycles. The second kappa shape index (κ2) is 8.51. The van der Waals surface area contributed by atoms with Gasteiger partial charge >= 0.3 is 0 Å². The Bertz CT molecular complexity index is 948. The third kappa shape index (κ3) is 4.95. The molecule has 0 spiro atoms. The number of hydrogen-bond acceptors (Lipinski definition) is 4. The Morgan fingerprint density at radius 2 is 1.89 bits per heavy atom. The van der Waals surface area contributed by atoms with E-state index in [1.165, 1.54) is 18.3 Å². The maximum Gasteiger partial charge on any atom is 0.253 e. The fourth-order valence-electron chi connectivity index (χ4n) is 2.40. The first-order valence-electron chi connectivity index (χ1n) is 8.13. The van der Waals surface area contributed by atoms with Crippen LogP contribution in [0.4, 0.5) is 15.8 Å². The van der Waals surface area contributed by atoms with Crippen LogP contribution in [0.1, 0.15) is 15.9 Å². The minimum atomic E-state index is -0.494. The van der Waals surface area contributed by atoms with Crippen LogP contribution in [0.25, 0.3) is 0 Å². The number of carbonyl (C=O) groups is 1. The molecule has 3 rings (SSSR count). The summed E-state index contributed by atoms with van der Waals surface area (Å²) in [6, 6.07) is 13.4. The largest absolute Gasteiger partial charge is 0.497 e. The molecule has 0 unspecified atom stereocenters. The van der Waals surface area contributed by atoms with E-state index in [9.17, 15) is 9.18 Å². The zero-order valence-corrected chi connectivity index (χ0v) is 15.3. The molecule has 138 valence electrons. The smallest absolute Gasteiger partial charge is 0.253 e. The van der Waals surface area contributed by atoms with Crippen molar-refractivity contribution < 1.29 is 13.9 Å². The molecule has 1 amide bonds. The first-order valence-corrected chi connectivity index (χ1v) is 8.51. The molecule has 0 bridgehead atoms. The highest BCUT2D eigenvalue weighted by Gasteiger charge is 2.08. The van der Waals surface area contributed by atoms with Crippen LogP contribution in [0.15, 0.2) is 60.9 Å². The van der Waals surface area contributed by atoms with Gasteiger partial charge in [0, 0.05) is 18.4 Å². The van der Waals surface area contributed by atoms with Gasteiger partial charge in [-0.25, -0.2) is 4.39 Å². The molecule has 7 heteroatoms. The molecular formula is C20H17ClFN3O2. The van der Waals surface area contributed by atoms with E-state index in [1.54, 1.807) is 25.4 Å². The van der Waals surface area contributed by atoms with E-state index < -0.39 is 5.82 Å². The van der Waals surface area contributed by atoms with E-state index in [0.29, 0.717) is 23.5 Å². The van der Waals surface area contributed by atoms with Gasteiger partial charge in [-0.05, 0) is 42.0 Å². The molecule has 0 aliphatic rings. The normalized spacial score (nSPS) is 10.3. The van der Waals surface area contributed by atoms with Crippen molar-refractivity contribution in [2.24, 2.45) is 0 Å². The highest BCUT2D eigenvalue weighted by molar-refractivity contribution is 6.31. The molecule has 3 aromatic rings. The lowest BCUT2D eigenvalue weighted by molar-refractivity contribution is 0.0950. The maximum atomic E-state index is 13.2. The van der Waals surface area contributed by atoms with Crippen molar-refractivity contribution in [1.29, 1.82) is 0 Å². The zero-order valence-electron chi connectivity index (χ0n) is 14.5. The Hall–Kier alpha value is -3.12. The van der Waals surface area contributed by atoms with E-state index in [0.717, 1.165) is 11.3 Å². The molecule has 0 aliphatic carbocycles. The predicted molar refractivity (Wildman–Crippen MR) is 103 cm³/mol. The lowest BCUT2D eigenvalue weighted by Crippen LogP contribution is -2.23. The van der Waals surface area contributed by atoms with Crippen molar-refractivity contribution in [3.8, 4) is 5.75 Å². The van der Waals surface area contributed by atoms with Gasteiger partial charge in [0.05, 0.1) is 29.6 Å². The number of nitrogens with one attached hydrogen (secondary N) is 2. The van der Waals surface area contributed by atoms with E-state index >= 15 is 0 Å². The standard InChI is InChI=1S/C20H17ClFN3O2/c1-27-17-5-2-13(3-6-17)10-24-20(26)14-8-16(12-23-11-14)25-15-4-7-19(22)18(21)9-15/h2-9,11-12,25H,10H2,1H3,(H,24,26). The average molecular weight is 386 g/mol. The number of carbonyl (C=O) groups excluding carboxylic acids is 1. The van der Waals surface area contributed by atoms with Crippen molar-refractivity contribution >= 4 is 28.9 Å². The molecule has 27 heavy (non-hydrogen) atoms. The molecule has 0 atom stereocenters. The summed E-state index contributed by atoms with van der Waals surface area (Å²) < 4.78 is 18.4. The third-order valence-electron chi connectivity index (χ3n) is 3.82. The fraction of sp³-hybridized carbons (Fsp3) is 0.100. The zero-order chi connectivity index (χ0) is 19.2. The van der Waals surface area contributed by atoms with E-state index in [1.807, 2.05) is 24.3 Å². The Morgan fingerprint density at radius 3 is 2.59 bits per heavy atom. The molecule has 0 saturated carbocycles. The first kappa shape index (κ1) is 18.7. The van der Waals surface area contributed by atoms with E-state index in [4.69, 9.17) is 16.3 Å². The molecule has 2 N–H and O–H groups in total. The predicted octanol–water partition coefficient (Wildman–Crippen LogP) is 4.56. The van der Waals surface area contributed by atoms with Gasteiger partial charge in [-0.3, -0.25) is 9.78 Å². The lowest BCUT2D eigenvalue weighted by atomic mass is 10.2. The monoisotopic (exact) mass is 385 g/mol. The molecule has 2 aromatic carbocycles. The van der Waals surface area contributed by atoms with Crippen LogP contribution in [0, 0.1) is 5.82 Å². The highest BCUT2D eigenvalue weighted by atomic mass is 35.5. The van der Waals surface area contributed by atoms with Gasteiger partial charge in [-0.1, -0.05) is 23.7 Å². The maximum absolute atomic E-state index is 13.2. The van der Waals surface area contributed by atoms with Gasteiger partial charge < -0.3 is 15.4 Å². The van der Waals surface area contributed by atoms with Crippen molar-refractivity contribution in [3.05, 3.63) is 82.9 Å². The molecule has 0 fully saturated rings. The Morgan fingerprint density at radius 1 is 1.11 bits per heavy atom. The number of rotatable bonds is 6. The summed E-state index contributed by atoms with van der Waals surface area (Å²) in [5.74, 6) is 0.0139. The number of pyridine rings is 1. The quantitative estimate of drug-likeness (QED) is 0.653. The summed E-state index contributed by atoms with van der Waals surface area (Å²) in [4.78, 5) is 16.4. The van der Waals surface area contributed by atoms with Crippen LogP contribution in [0.5, 0.6) is 5.75 Å². The highest BCUT2D eigenvalue weighted by Crippen LogP contribution is 2.22. The topological polar surface area (TPSA) is 63.2 Å². The number of hydrogen-bond donors (Lipinski definition) is 2. The van der Waals surface area contributed by atoms with Crippen LogP contribution >= 0.6 is 11.6 Å². The summed E-state index contributed by atoms with van der Waals surface area (Å²) in [5, 5.41) is 5.90. The number of anilines is 2. The Kier molecular flexibility index (Phi) is 5.88. The molecule has 1 aromatic heterocycles. The first-order chi connectivity index (χ1) is 13.0. The summed E-state index contributed by atoms with van der Waals surface area (Å²) >= 11 is 5.78. The number of halogens is 2. The number of methoxy groups -OCH3 is 1. The number of ether oxygens (including phenoxy) is 1. The average Bonchev–Trinajstić information content (AvgIpc) is 2.69. The second-order valence-corrected chi connectivity index (χ2v) is 6.15. The van der Waals surface area contributed by atoms with Gasteiger partial charge in [-0.15, -0.1) is 0 Å². The van der Waals surface area contributed by atoms with Gasteiger partial charge in [-0.2, -0.15) is 0 Å². The van der Waals surface area contributed by atoms with Crippen LogP contribution < -0.4 is 15.4 Å². The molecular weight excluding hydrogens is 369 g/mol. The molecule has 0 aliphatic heterocycles. The van der Waals surface area contributed by atoms with Gasteiger partial charge in [0.2, 0.25) is 0 Å². The number of amides is 1. The van der Waals surface area contributed by atoms with Crippen molar-refractivity contribution in [3.63, 3.8) is 0 Å². The summed E-state index contributed by atoms with van der Waals surface area (Å²) in [6.45, 7) is 0.383. The van der Waals surface area contributed by atoms with Crippen LogP contribution in [-0.4, -0.2) is 18.0 Å². The van der Waals surface area contributed by atoms with Gasteiger partial charge in [0.25, 0.3) is 5.91 Å². The van der Waals surface area contributed by atoms with Crippen LogP contribution in [-0.2, 0) is 6.54 Å². The fourth-order valence-corrected chi connectivity index (χ4v) is 2.58. The lowest BCUT2D eigenvalue weighted by Gasteiger charge is -2.09. The van der Waals surface area contributed by atoms with E-state index in [2.05, 4.69) is 15.6 Å². The third-order valence-corrected chi connectivity index (χ3v) is 4.11. The van der Waals surface area contributed by atoms with Crippen molar-refractivity contribution in [2.45, 2.75) is 6.54 Å². The van der Waals surface area contributed by atoms with Crippen molar-refractivity contribution in [1.82, 2.24) is 10.3 Å². The van der Waals surface area contributed by atoms with E-state index in [-0.39, 0.29) is 10.9 Å².